The van der Waals surface area contributed by atoms with Gasteiger partial charge in [-0.05, 0) is 36.8 Å². The molecule has 118 valence electrons. The van der Waals surface area contributed by atoms with E-state index in [1.54, 1.807) is 12.1 Å². The molecule has 0 radical (unpaired) electrons. The van der Waals surface area contributed by atoms with Crippen LogP contribution >= 0.6 is 11.8 Å². The first-order chi connectivity index (χ1) is 11.1. The third kappa shape index (κ3) is 5.27. The lowest BCUT2D eigenvalue weighted by Crippen LogP contribution is -2.26. The number of amides is 1. The van der Waals surface area contributed by atoms with E-state index >= 15 is 0 Å². The number of nitrogens with zero attached hydrogens (tertiary/aromatic N) is 1. The molecule has 5 nitrogen and oxygen atoms in total. The van der Waals surface area contributed by atoms with Gasteiger partial charge in [0, 0.05) is 4.90 Å². The fourth-order valence-corrected chi connectivity index (χ4v) is 2.61. The van der Waals surface area contributed by atoms with E-state index in [2.05, 4.69) is 10.5 Å². The molecular formula is C17H16N2O3S. The van der Waals surface area contributed by atoms with Crippen LogP contribution in [0, 0.1) is 0 Å². The average Bonchev–Trinajstić information content (AvgIpc) is 2.56. The van der Waals surface area contributed by atoms with E-state index in [4.69, 9.17) is 5.11 Å². The van der Waals surface area contributed by atoms with E-state index in [0.29, 0.717) is 5.56 Å². The van der Waals surface area contributed by atoms with Gasteiger partial charge >= 0.3 is 5.97 Å². The number of aromatic carboxylic acids is 1. The number of carboxylic acid groups (broad SMARTS) is 1. The Morgan fingerprint density at radius 2 is 1.78 bits per heavy atom. The molecular weight excluding hydrogens is 312 g/mol. The number of hydrazone groups is 1. The molecule has 0 aliphatic rings. The number of carbonyl (C=O) groups excluding carboxylic acids is 1. The summed E-state index contributed by atoms with van der Waals surface area (Å²) < 4.78 is 0. The quantitative estimate of drug-likeness (QED) is 0.485. The van der Waals surface area contributed by atoms with Gasteiger partial charge in [-0.15, -0.1) is 11.8 Å². The molecule has 2 N–H and O–H groups in total. The topological polar surface area (TPSA) is 78.8 Å². The highest BCUT2D eigenvalue weighted by atomic mass is 32.2. The lowest BCUT2D eigenvalue weighted by atomic mass is 10.1. The number of hydrogen-bond acceptors (Lipinski definition) is 4. The molecule has 2 rings (SSSR count). The van der Waals surface area contributed by atoms with Gasteiger partial charge < -0.3 is 5.11 Å². The van der Waals surface area contributed by atoms with E-state index in [-0.39, 0.29) is 16.7 Å². The minimum atomic E-state index is -0.978. The summed E-state index contributed by atoms with van der Waals surface area (Å²) in [5, 5.41) is 12.4. The van der Waals surface area contributed by atoms with Gasteiger partial charge in [-0.1, -0.05) is 30.3 Å². The summed E-state index contributed by atoms with van der Waals surface area (Å²) in [5.74, 6) is -1.18. The van der Waals surface area contributed by atoms with Crippen LogP contribution in [0.4, 0.5) is 0 Å². The van der Waals surface area contributed by atoms with Crippen LogP contribution in [0.3, 0.4) is 0 Å². The van der Waals surface area contributed by atoms with Crippen LogP contribution in [0.25, 0.3) is 0 Å². The molecule has 2 aromatic carbocycles. The second-order valence-electron chi connectivity index (χ2n) is 4.73. The van der Waals surface area contributed by atoms with Crippen LogP contribution in [0.2, 0.25) is 0 Å². The molecule has 0 heterocycles. The summed E-state index contributed by atoms with van der Waals surface area (Å²) in [5.41, 5.74) is 3.40. The lowest BCUT2D eigenvalue weighted by molar-refractivity contribution is -0.120. The van der Waals surface area contributed by atoms with E-state index in [0.717, 1.165) is 4.90 Å². The maximum atomic E-state index is 12.0. The Hall–Kier alpha value is -2.60. The van der Waals surface area contributed by atoms with E-state index in [1.807, 2.05) is 37.3 Å². The highest BCUT2D eigenvalue weighted by Gasteiger charge is 2.13. The molecule has 0 saturated carbocycles. The lowest BCUT2D eigenvalue weighted by Gasteiger charge is -2.08. The number of nitrogens with one attached hydrogen (secondary N) is 1. The van der Waals surface area contributed by atoms with Crippen LogP contribution < -0.4 is 5.43 Å². The summed E-state index contributed by atoms with van der Waals surface area (Å²) in [6.45, 7) is 1.81. The average molecular weight is 328 g/mol. The minimum Gasteiger partial charge on any atom is -0.478 e. The van der Waals surface area contributed by atoms with Crippen molar-refractivity contribution in [3.8, 4) is 0 Å². The van der Waals surface area contributed by atoms with Crippen molar-refractivity contribution in [2.24, 2.45) is 5.10 Å². The largest absolute Gasteiger partial charge is 0.478 e. The van der Waals surface area contributed by atoms with Gasteiger partial charge in [0.05, 0.1) is 17.0 Å². The molecule has 0 aromatic heterocycles. The molecule has 0 aliphatic heterocycles. The van der Waals surface area contributed by atoms with Gasteiger partial charge in [-0.2, -0.15) is 5.10 Å². The Morgan fingerprint density at radius 3 is 2.39 bits per heavy atom. The van der Waals surface area contributed by atoms with Crippen LogP contribution in [-0.2, 0) is 4.79 Å². The van der Waals surface area contributed by atoms with Crippen LogP contribution in [-0.4, -0.2) is 28.4 Å². The van der Waals surface area contributed by atoms with Crippen LogP contribution in [0.15, 0.2) is 64.6 Å². The van der Waals surface area contributed by atoms with Crippen molar-refractivity contribution in [2.75, 3.05) is 0 Å². The highest BCUT2D eigenvalue weighted by molar-refractivity contribution is 8.00. The second kappa shape index (κ2) is 8.14. The second-order valence-corrected chi connectivity index (χ2v) is 6.15. The van der Waals surface area contributed by atoms with Crippen molar-refractivity contribution >= 4 is 29.9 Å². The van der Waals surface area contributed by atoms with E-state index in [9.17, 15) is 9.59 Å². The fraction of sp³-hybridized carbons (Fsp3) is 0.118. The summed E-state index contributed by atoms with van der Waals surface area (Å²) in [4.78, 5) is 23.7. The fourth-order valence-electron chi connectivity index (χ4n) is 1.73. The molecule has 0 spiro atoms. The third-order valence-corrected chi connectivity index (χ3v) is 4.08. The maximum absolute atomic E-state index is 12.0. The van der Waals surface area contributed by atoms with Crippen LogP contribution in [0.1, 0.15) is 22.8 Å². The Morgan fingerprint density at radius 1 is 1.13 bits per heavy atom. The Bertz CT molecular complexity index is 700. The number of hydrogen-bond donors (Lipinski definition) is 2. The van der Waals surface area contributed by atoms with Gasteiger partial charge in [0.1, 0.15) is 0 Å². The zero-order chi connectivity index (χ0) is 16.7. The summed E-state index contributed by atoms with van der Waals surface area (Å²) in [6.07, 6.45) is 1.48. The standard InChI is InChI=1S/C17H16N2O3S/c1-12(23-15-5-3-2-4-6-15)16(20)19-18-11-13-7-9-14(10-8-13)17(21)22/h2-12H,1H3,(H,19,20)(H,21,22)/b18-11-/t12-/m0/s1. The summed E-state index contributed by atoms with van der Waals surface area (Å²) in [7, 11) is 0. The summed E-state index contributed by atoms with van der Waals surface area (Å²) >= 11 is 1.45. The molecule has 23 heavy (non-hydrogen) atoms. The molecule has 2 aromatic rings. The van der Waals surface area contributed by atoms with Gasteiger partial charge in [0.15, 0.2) is 0 Å². The number of thioether (sulfide) groups is 1. The van der Waals surface area contributed by atoms with Gasteiger partial charge in [-0.25, -0.2) is 10.2 Å². The predicted molar refractivity (Wildman–Crippen MR) is 90.9 cm³/mol. The molecule has 0 aliphatic carbocycles. The van der Waals surface area contributed by atoms with Crippen molar-refractivity contribution in [3.63, 3.8) is 0 Å². The number of benzene rings is 2. The Balaban J connectivity index is 1.86. The van der Waals surface area contributed by atoms with Gasteiger partial charge in [0.25, 0.3) is 5.91 Å². The molecule has 1 atom stereocenters. The summed E-state index contributed by atoms with van der Waals surface area (Å²) in [6, 6.07) is 15.9. The highest BCUT2D eigenvalue weighted by Crippen LogP contribution is 2.22. The third-order valence-electron chi connectivity index (χ3n) is 2.97. The SMILES string of the molecule is C[C@H](Sc1ccccc1)C(=O)N/N=C\c1ccc(C(=O)O)cc1. The molecule has 0 fully saturated rings. The Labute approximate surface area is 138 Å². The molecule has 6 heteroatoms. The first-order valence-electron chi connectivity index (χ1n) is 6.94. The monoisotopic (exact) mass is 328 g/mol. The number of carbonyl (C=O) groups is 2. The normalized spacial score (nSPS) is 12.0. The van der Waals surface area contributed by atoms with Crippen LogP contribution in [0.5, 0.6) is 0 Å². The molecule has 0 bridgehead atoms. The van der Waals surface area contributed by atoms with Crippen molar-refractivity contribution < 1.29 is 14.7 Å². The smallest absolute Gasteiger partial charge is 0.335 e. The zero-order valence-corrected chi connectivity index (χ0v) is 13.3. The van der Waals surface area contributed by atoms with Gasteiger partial charge in [0.2, 0.25) is 0 Å². The number of rotatable bonds is 6. The predicted octanol–water partition coefficient (Wildman–Crippen LogP) is 3.02. The number of carboxylic acids is 1. The molecule has 1 amide bonds. The molecule has 0 saturated heterocycles. The first-order valence-corrected chi connectivity index (χ1v) is 7.82. The van der Waals surface area contributed by atoms with E-state index < -0.39 is 5.97 Å². The maximum Gasteiger partial charge on any atom is 0.335 e. The molecule has 0 unspecified atom stereocenters. The van der Waals surface area contributed by atoms with E-state index in [1.165, 1.54) is 30.1 Å². The van der Waals surface area contributed by atoms with Crippen molar-refractivity contribution in [1.82, 2.24) is 5.43 Å². The van der Waals surface area contributed by atoms with Crippen molar-refractivity contribution in [2.45, 2.75) is 17.1 Å². The zero-order valence-electron chi connectivity index (χ0n) is 12.5. The van der Waals surface area contributed by atoms with Crippen molar-refractivity contribution in [1.29, 1.82) is 0 Å². The van der Waals surface area contributed by atoms with Gasteiger partial charge in [-0.3, -0.25) is 4.79 Å². The Kier molecular flexibility index (Phi) is 5.94. The minimum absolute atomic E-state index is 0.197. The first kappa shape index (κ1) is 16.8. The van der Waals surface area contributed by atoms with Crippen molar-refractivity contribution in [3.05, 3.63) is 65.7 Å².